The molecular weight excluding hydrogens is 304 g/mol. The number of nitrogens with one attached hydrogen (secondary N) is 1. The third-order valence-corrected chi connectivity index (χ3v) is 4.51. The van der Waals surface area contributed by atoms with Gasteiger partial charge in [-0.3, -0.25) is 4.79 Å². The van der Waals surface area contributed by atoms with Crippen LogP contribution >= 0.6 is 0 Å². The molecule has 0 spiro atoms. The molecule has 1 aliphatic heterocycles. The van der Waals surface area contributed by atoms with Crippen LogP contribution in [0.25, 0.3) is 10.9 Å². The summed E-state index contributed by atoms with van der Waals surface area (Å²) in [6.45, 7) is 5.01. The Morgan fingerprint density at radius 3 is 2.46 bits per heavy atom. The second-order valence-corrected chi connectivity index (χ2v) is 6.18. The van der Waals surface area contributed by atoms with Gasteiger partial charge in [0.2, 0.25) is 0 Å². The van der Waals surface area contributed by atoms with E-state index < -0.39 is 0 Å². The highest BCUT2D eigenvalue weighted by atomic mass is 16.2. The molecule has 3 rings (SSSR count). The number of aryl methyl sites for hydroxylation is 1. The van der Waals surface area contributed by atoms with Crippen LogP contribution in [0.5, 0.6) is 0 Å². The van der Waals surface area contributed by atoms with Gasteiger partial charge in [-0.1, -0.05) is 25.1 Å². The molecule has 0 radical (unpaired) electrons. The minimum Gasteiger partial charge on any atom is -0.350 e. The first-order valence-electron chi connectivity index (χ1n) is 8.48. The number of hydrogen-bond acceptors (Lipinski definition) is 2. The number of carbonyl (C=O) groups is 2. The Bertz CT molecular complexity index is 745. The van der Waals surface area contributed by atoms with Gasteiger partial charge in [-0.15, -0.1) is 0 Å². The number of piperazine rings is 1. The molecule has 24 heavy (non-hydrogen) atoms. The van der Waals surface area contributed by atoms with E-state index in [0.29, 0.717) is 32.7 Å². The highest BCUT2D eigenvalue weighted by Crippen LogP contribution is 2.22. The minimum absolute atomic E-state index is 0.0332. The lowest BCUT2D eigenvalue weighted by Gasteiger charge is -2.34. The van der Waals surface area contributed by atoms with Crippen LogP contribution in [-0.4, -0.2) is 59.0 Å². The maximum absolute atomic E-state index is 12.9. The number of benzene rings is 1. The number of hydrogen-bond donors (Lipinski definition) is 1. The summed E-state index contributed by atoms with van der Waals surface area (Å²) in [5, 5.41) is 3.87. The molecule has 1 fully saturated rings. The molecule has 0 saturated carbocycles. The van der Waals surface area contributed by atoms with Crippen molar-refractivity contribution >= 4 is 22.8 Å². The molecule has 6 nitrogen and oxygen atoms in total. The van der Waals surface area contributed by atoms with Crippen molar-refractivity contribution in [3.05, 3.63) is 36.0 Å². The van der Waals surface area contributed by atoms with Crippen molar-refractivity contribution in [1.29, 1.82) is 0 Å². The predicted molar refractivity (Wildman–Crippen MR) is 94.1 cm³/mol. The van der Waals surface area contributed by atoms with Crippen molar-refractivity contribution < 1.29 is 9.59 Å². The van der Waals surface area contributed by atoms with Gasteiger partial charge in [0.15, 0.2) is 0 Å². The molecule has 2 heterocycles. The number of nitrogens with zero attached hydrogens (tertiary/aromatic N) is 3. The first-order chi connectivity index (χ1) is 11.6. The molecule has 128 valence electrons. The van der Waals surface area contributed by atoms with Crippen LogP contribution in [0.1, 0.15) is 23.7 Å². The third-order valence-electron chi connectivity index (χ3n) is 4.51. The minimum atomic E-state index is -0.0332. The summed E-state index contributed by atoms with van der Waals surface area (Å²) < 4.78 is 1.98. The number of amides is 3. The Balaban J connectivity index is 1.68. The number of aromatic nitrogens is 1. The van der Waals surface area contributed by atoms with Gasteiger partial charge in [-0.05, 0) is 12.5 Å². The Labute approximate surface area is 142 Å². The molecule has 0 atom stereocenters. The van der Waals surface area contributed by atoms with Crippen molar-refractivity contribution in [2.24, 2.45) is 7.05 Å². The van der Waals surface area contributed by atoms with Crippen LogP contribution in [-0.2, 0) is 7.05 Å². The van der Waals surface area contributed by atoms with E-state index in [1.807, 2.05) is 53.9 Å². The zero-order valence-corrected chi connectivity index (χ0v) is 14.3. The van der Waals surface area contributed by atoms with Gasteiger partial charge >= 0.3 is 6.03 Å². The number of rotatable bonds is 3. The first-order valence-corrected chi connectivity index (χ1v) is 8.48. The molecule has 3 amide bonds. The molecule has 1 saturated heterocycles. The largest absolute Gasteiger partial charge is 0.350 e. The van der Waals surface area contributed by atoms with Crippen LogP contribution in [0.15, 0.2) is 30.5 Å². The number of carbonyl (C=O) groups excluding carboxylic acids is 2. The summed E-state index contributed by atoms with van der Waals surface area (Å²) in [6.07, 6.45) is 2.82. The summed E-state index contributed by atoms with van der Waals surface area (Å²) in [7, 11) is 1.95. The van der Waals surface area contributed by atoms with E-state index in [1.54, 1.807) is 4.90 Å². The van der Waals surface area contributed by atoms with E-state index in [9.17, 15) is 9.59 Å². The molecule has 6 heteroatoms. The lowest BCUT2D eigenvalue weighted by Crippen LogP contribution is -2.53. The van der Waals surface area contributed by atoms with E-state index in [2.05, 4.69) is 5.32 Å². The van der Waals surface area contributed by atoms with E-state index >= 15 is 0 Å². The van der Waals surface area contributed by atoms with Gasteiger partial charge in [0, 0.05) is 56.9 Å². The summed E-state index contributed by atoms with van der Waals surface area (Å²) in [6, 6.07) is 7.90. The van der Waals surface area contributed by atoms with Gasteiger partial charge < -0.3 is 19.7 Å². The van der Waals surface area contributed by atoms with Gasteiger partial charge in [-0.25, -0.2) is 4.79 Å². The molecule has 1 aliphatic rings. The standard InChI is InChI=1S/C18H24N4O2/c1-3-8-19-18(24)22-11-9-21(10-12-22)17(23)15-13-20(2)16-7-5-4-6-14(15)16/h4-7,13H,3,8-12H2,1-2H3,(H,19,24). The molecule has 1 N–H and O–H groups in total. The maximum atomic E-state index is 12.9. The first kappa shape index (κ1) is 16.4. The van der Waals surface area contributed by atoms with Crippen molar-refractivity contribution in [1.82, 2.24) is 19.7 Å². The zero-order valence-electron chi connectivity index (χ0n) is 14.3. The van der Waals surface area contributed by atoms with E-state index in [0.717, 1.165) is 22.9 Å². The highest BCUT2D eigenvalue weighted by molar-refractivity contribution is 6.07. The fraction of sp³-hybridized carbons (Fsp3) is 0.444. The lowest BCUT2D eigenvalue weighted by atomic mass is 10.1. The normalized spacial score (nSPS) is 14.9. The third kappa shape index (κ3) is 3.09. The van der Waals surface area contributed by atoms with Crippen LogP contribution < -0.4 is 5.32 Å². The summed E-state index contributed by atoms with van der Waals surface area (Å²) in [5.74, 6) is 0.0421. The van der Waals surface area contributed by atoms with Crippen molar-refractivity contribution in [3.8, 4) is 0 Å². The van der Waals surface area contributed by atoms with Gasteiger partial charge in [0.1, 0.15) is 0 Å². The van der Waals surface area contributed by atoms with Crippen LogP contribution in [0.2, 0.25) is 0 Å². The highest BCUT2D eigenvalue weighted by Gasteiger charge is 2.26. The van der Waals surface area contributed by atoms with Crippen LogP contribution in [0.3, 0.4) is 0 Å². The molecule has 0 bridgehead atoms. The molecule has 0 aliphatic carbocycles. The number of urea groups is 1. The average Bonchev–Trinajstić information content (AvgIpc) is 2.96. The van der Waals surface area contributed by atoms with E-state index in [4.69, 9.17) is 0 Å². The van der Waals surface area contributed by atoms with Crippen LogP contribution in [0, 0.1) is 0 Å². The Morgan fingerprint density at radius 2 is 1.75 bits per heavy atom. The lowest BCUT2D eigenvalue weighted by molar-refractivity contribution is 0.0667. The summed E-state index contributed by atoms with van der Waals surface area (Å²) in [5.41, 5.74) is 1.79. The molecule has 1 aromatic carbocycles. The predicted octanol–water partition coefficient (Wildman–Crippen LogP) is 2.06. The summed E-state index contributed by atoms with van der Waals surface area (Å²) >= 11 is 0. The van der Waals surface area contributed by atoms with Crippen LogP contribution in [0.4, 0.5) is 4.79 Å². The molecule has 2 aromatic rings. The second kappa shape index (κ2) is 6.95. The molecule has 1 aromatic heterocycles. The van der Waals surface area contributed by atoms with Crippen molar-refractivity contribution in [2.75, 3.05) is 32.7 Å². The summed E-state index contributed by atoms with van der Waals surface area (Å²) in [4.78, 5) is 28.5. The monoisotopic (exact) mass is 328 g/mol. The molecular formula is C18H24N4O2. The van der Waals surface area contributed by atoms with E-state index in [-0.39, 0.29) is 11.9 Å². The van der Waals surface area contributed by atoms with Crippen molar-refractivity contribution in [3.63, 3.8) is 0 Å². The second-order valence-electron chi connectivity index (χ2n) is 6.18. The quantitative estimate of drug-likeness (QED) is 0.937. The van der Waals surface area contributed by atoms with Gasteiger partial charge in [0.25, 0.3) is 5.91 Å². The Morgan fingerprint density at radius 1 is 1.08 bits per heavy atom. The number of fused-ring (bicyclic) bond motifs is 1. The SMILES string of the molecule is CCCNC(=O)N1CCN(C(=O)c2cn(C)c3ccccc23)CC1. The fourth-order valence-corrected chi connectivity index (χ4v) is 3.14. The molecule has 0 unspecified atom stereocenters. The van der Waals surface area contributed by atoms with Gasteiger partial charge in [0.05, 0.1) is 5.56 Å². The maximum Gasteiger partial charge on any atom is 0.317 e. The van der Waals surface area contributed by atoms with E-state index in [1.165, 1.54) is 0 Å². The average molecular weight is 328 g/mol. The van der Waals surface area contributed by atoms with Gasteiger partial charge in [-0.2, -0.15) is 0 Å². The fourth-order valence-electron chi connectivity index (χ4n) is 3.14. The zero-order chi connectivity index (χ0) is 17.1. The van der Waals surface area contributed by atoms with Crippen molar-refractivity contribution in [2.45, 2.75) is 13.3 Å². The Kier molecular flexibility index (Phi) is 4.74. The Hall–Kier alpha value is -2.50. The smallest absolute Gasteiger partial charge is 0.317 e. The number of para-hydroxylation sites is 1. The topological polar surface area (TPSA) is 57.6 Å².